The fraction of sp³-hybridized carbons (Fsp3) is 0.538. The maximum atomic E-state index is 9.46. The van der Waals surface area contributed by atoms with Gasteiger partial charge in [-0.3, -0.25) is 0 Å². The monoisotopic (exact) mass is 254 g/mol. The lowest BCUT2D eigenvalue weighted by atomic mass is 10.3. The van der Waals surface area contributed by atoms with Crippen LogP contribution < -0.4 is 4.74 Å². The molecule has 96 valence electrons. The lowest BCUT2D eigenvalue weighted by Gasteiger charge is -2.15. The van der Waals surface area contributed by atoms with Crippen LogP contribution in [0.2, 0.25) is 25.7 Å². The summed E-state index contributed by atoms with van der Waals surface area (Å²) >= 11 is 0. The Labute approximate surface area is 104 Å². The van der Waals surface area contributed by atoms with E-state index in [1.54, 1.807) is 18.2 Å². The molecule has 0 spiro atoms. The third-order valence-corrected chi connectivity index (χ3v) is 4.05. The standard InChI is InChI=1S/C13H22O3Si/c1-17(2,3)11-10-15-8-9-16-13-7-5-4-6-12(13)14/h4-7,14H,8-11H2,1-3H3. The summed E-state index contributed by atoms with van der Waals surface area (Å²) in [5.74, 6) is 0.691. The summed E-state index contributed by atoms with van der Waals surface area (Å²) in [7, 11) is -0.996. The van der Waals surface area contributed by atoms with E-state index >= 15 is 0 Å². The second-order valence-corrected chi connectivity index (χ2v) is 10.9. The Hall–Kier alpha value is -1.00. The number of para-hydroxylation sites is 2. The van der Waals surface area contributed by atoms with Crippen molar-refractivity contribution in [1.82, 2.24) is 0 Å². The van der Waals surface area contributed by atoms with Gasteiger partial charge in [0.2, 0.25) is 0 Å². The Morgan fingerprint density at radius 3 is 2.41 bits per heavy atom. The van der Waals surface area contributed by atoms with Crippen molar-refractivity contribution in [1.29, 1.82) is 0 Å². The molecule has 0 aliphatic rings. The molecule has 0 bridgehead atoms. The molecule has 0 aliphatic carbocycles. The van der Waals surface area contributed by atoms with Crippen molar-refractivity contribution in [3.8, 4) is 11.5 Å². The number of phenols is 1. The second-order valence-electron chi connectivity index (χ2n) is 5.24. The Morgan fingerprint density at radius 2 is 1.76 bits per heavy atom. The van der Waals surface area contributed by atoms with Gasteiger partial charge in [-0.1, -0.05) is 31.8 Å². The number of aromatic hydroxyl groups is 1. The SMILES string of the molecule is C[Si](C)(C)CCOCCOc1ccccc1O. The Kier molecular flexibility index (Phi) is 5.51. The fourth-order valence-corrected chi connectivity index (χ4v) is 2.03. The smallest absolute Gasteiger partial charge is 0.161 e. The predicted octanol–water partition coefficient (Wildman–Crippen LogP) is 3.13. The highest BCUT2D eigenvalue weighted by Crippen LogP contribution is 2.23. The lowest BCUT2D eigenvalue weighted by Crippen LogP contribution is -2.22. The van der Waals surface area contributed by atoms with Gasteiger partial charge in [-0.15, -0.1) is 0 Å². The summed E-state index contributed by atoms with van der Waals surface area (Å²) < 4.78 is 10.9. The number of hydrogen-bond acceptors (Lipinski definition) is 3. The van der Waals surface area contributed by atoms with E-state index in [2.05, 4.69) is 19.6 Å². The van der Waals surface area contributed by atoms with Gasteiger partial charge in [0.25, 0.3) is 0 Å². The van der Waals surface area contributed by atoms with Gasteiger partial charge < -0.3 is 14.6 Å². The molecule has 0 saturated carbocycles. The summed E-state index contributed by atoms with van der Waals surface area (Å²) in [5, 5.41) is 9.46. The number of ether oxygens (including phenoxy) is 2. The zero-order valence-electron chi connectivity index (χ0n) is 10.9. The van der Waals surface area contributed by atoms with Crippen LogP contribution in [0.4, 0.5) is 0 Å². The summed E-state index contributed by atoms with van der Waals surface area (Å²) in [4.78, 5) is 0. The van der Waals surface area contributed by atoms with E-state index < -0.39 is 8.07 Å². The fourth-order valence-electron chi connectivity index (χ4n) is 1.27. The van der Waals surface area contributed by atoms with E-state index in [4.69, 9.17) is 9.47 Å². The van der Waals surface area contributed by atoms with Gasteiger partial charge in [0.1, 0.15) is 6.61 Å². The van der Waals surface area contributed by atoms with Crippen LogP contribution >= 0.6 is 0 Å². The van der Waals surface area contributed by atoms with Gasteiger partial charge in [-0.2, -0.15) is 0 Å². The van der Waals surface area contributed by atoms with Crippen LogP contribution in [0.3, 0.4) is 0 Å². The molecular formula is C13H22O3Si. The molecule has 4 heteroatoms. The van der Waals surface area contributed by atoms with Crippen LogP contribution in [-0.4, -0.2) is 33.0 Å². The van der Waals surface area contributed by atoms with Crippen molar-refractivity contribution >= 4 is 8.07 Å². The summed E-state index contributed by atoms with van der Waals surface area (Å²) in [6.07, 6.45) is 0. The zero-order valence-corrected chi connectivity index (χ0v) is 11.9. The van der Waals surface area contributed by atoms with Crippen molar-refractivity contribution in [3.05, 3.63) is 24.3 Å². The number of benzene rings is 1. The van der Waals surface area contributed by atoms with Crippen LogP contribution in [-0.2, 0) is 4.74 Å². The van der Waals surface area contributed by atoms with Crippen molar-refractivity contribution in [2.45, 2.75) is 25.7 Å². The molecule has 0 unspecified atom stereocenters. The molecule has 0 saturated heterocycles. The van der Waals surface area contributed by atoms with Gasteiger partial charge in [0.15, 0.2) is 11.5 Å². The van der Waals surface area contributed by atoms with E-state index in [1.165, 1.54) is 6.04 Å². The van der Waals surface area contributed by atoms with E-state index in [9.17, 15) is 5.11 Å². The lowest BCUT2D eigenvalue weighted by molar-refractivity contribution is 0.108. The molecule has 3 nitrogen and oxygen atoms in total. The summed E-state index contributed by atoms with van der Waals surface area (Å²) in [5.41, 5.74) is 0. The van der Waals surface area contributed by atoms with Gasteiger partial charge in [0.05, 0.1) is 6.61 Å². The van der Waals surface area contributed by atoms with Gasteiger partial charge in [-0.25, -0.2) is 0 Å². The van der Waals surface area contributed by atoms with Crippen LogP contribution in [0.1, 0.15) is 0 Å². The topological polar surface area (TPSA) is 38.7 Å². The highest BCUT2D eigenvalue weighted by molar-refractivity contribution is 6.76. The number of phenolic OH excluding ortho intramolecular Hbond substituents is 1. The molecule has 0 aliphatic heterocycles. The number of hydrogen-bond donors (Lipinski definition) is 1. The average Bonchev–Trinajstić information content (AvgIpc) is 2.24. The highest BCUT2D eigenvalue weighted by Gasteiger charge is 2.11. The van der Waals surface area contributed by atoms with Gasteiger partial charge in [-0.05, 0) is 18.2 Å². The molecule has 0 fully saturated rings. The minimum absolute atomic E-state index is 0.176. The summed E-state index contributed by atoms with van der Waals surface area (Å²) in [6, 6.07) is 8.14. The molecule has 0 amide bonds. The van der Waals surface area contributed by atoms with Crippen molar-refractivity contribution in [3.63, 3.8) is 0 Å². The zero-order chi connectivity index (χ0) is 12.7. The molecule has 0 heterocycles. The average molecular weight is 254 g/mol. The quantitative estimate of drug-likeness (QED) is 0.600. The molecule has 17 heavy (non-hydrogen) atoms. The first kappa shape index (κ1) is 14.1. The molecule has 1 aromatic rings. The Balaban J connectivity index is 2.11. The van der Waals surface area contributed by atoms with Gasteiger partial charge in [0, 0.05) is 14.7 Å². The summed E-state index contributed by atoms with van der Waals surface area (Å²) in [6.45, 7) is 8.83. The van der Waals surface area contributed by atoms with E-state index in [1.807, 2.05) is 6.07 Å². The van der Waals surface area contributed by atoms with Crippen LogP contribution in [0.5, 0.6) is 11.5 Å². The van der Waals surface area contributed by atoms with Gasteiger partial charge >= 0.3 is 0 Å². The minimum atomic E-state index is -0.996. The van der Waals surface area contributed by atoms with Crippen LogP contribution in [0.25, 0.3) is 0 Å². The molecular weight excluding hydrogens is 232 g/mol. The number of rotatable bonds is 7. The third kappa shape index (κ3) is 6.34. The highest BCUT2D eigenvalue weighted by atomic mass is 28.3. The Bertz CT molecular complexity index is 334. The molecule has 1 aromatic carbocycles. The molecule has 0 radical (unpaired) electrons. The van der Waals surface area contributed by atoms with Crippen molar-refractivity contribution < 1.29 is 14.6 Å². The van der Waals surface area contributed by atoms with E-state index in [0.717, 1.165) is 6.61 Å². The van der Waals surface area contributed by atoms with Crippen LogP contribution in [0, 0.1) is 0 Å². The maximum absolute atomic E-state index is 9.46. The van der Waals surface area contributed by atoms with E-state index in [-0.39, 0.29) is 5.75 Å². The first-order chi connectivity index (χ1) is 7.99. The minimum Gasteiger partial charge on any atom is -0.504 e. The van der Waals surface area contributed by atoms with Crippen LogP contribution in [0.15, 0.2) is 24.3 Å². The molecule has 0 aromatic heterocycles. The first-order valence-electron chi connectivity index (χ1n) is 5.97. The third-order valence-electron chi connectivity index (χ3n) is 2.35. The van der Waals surface area contributed by atoms with Crippen molar-refractivity contribution in [2.24, 2.45) is 0 Å². The first-order valence-corrected chi connectivity index (χ1v) is 9.68. The maximum Gasteiger partial charge on any atom is 0.161 e. The molecule has 1 rings (SSSR count). The molecule has 0 atom stereocenters. The molecule has 1 N–H and O–H groups in total. The normalized spacial score (nSPS) is 11.5. The van der Waals surface area contributed by atoms with E-state index in [0.29, 0.717) is 19.0 Å². The second kappa shape index (κ2) is 6.66. The predicted molar refractivity (Wildman–Crippen MR) is 72.6 cm³/mol. The van der Waals surface area contributed by atoms with Crippen molar-refractivity contribution in [2.75, 3.05) is 19.8 Å². The largest absolute Gasteiger partial charge is 0.504 e. The Morgan fingerprint density at radius 1 is 1.06 bits per heavy atom.